The number of benzene rings is 2. The Hall–Kier alpha value is -7.29. The van der Waals surface area contributed by atoms with Gasteiger partial charge in [-0.25, -0.2) is 38.0 Å². The Balaban J connectivity index is 1.18. The lowest BCUT2D eigenvalue weighted by Crippen LogP contribution is -2.63. The first-order valence-electron chi connectivity index (χ1n) is 25.2. The van der Waals surface area contributed by atoms with E-state index in [4.69, 9.17) is 4.74 Å². The molecular weight excluding hydrogens is 1100 g/mol. The summed E-state index contributed by atoms with van der Waals surface area (Å²) in [6.07, 6.45) is -9.90. The van der Waals surface area contributed by atoms with Crippen molar-refractivity contribution in [3.05, 3.63) is 94.9 Å². The number of carbonyl (C=O) groups excluding carboxylic acids is 4. The quantitative estimate of drug-likeness (QED) is 0.0413. The van der Waals surface area contributed by atoms with E-state index < -0.39 is 115 Å². The van der Waals surface area contributed by atoms with Crippen LogP contribution in [0.2, 0.25) is 0 Å². The molecule has 19 nitrogen and oxygen atoms in total. The molecule has 3 aliphatic heterocycles. The topological polar surface area (TPSA) is 218 Å². The lowest BCUT2D eigenvalue weighted by Gasteiger charge is -2.47. The number of methoxy groups -OCH3 is 2. The van der Waals surface area contributed by atoms with E-state index in [0.29, 0.717) is 80.0 Å². The summed E-state index contributed by atoms with van der Waals surface area (Å²) >= 11 is 0. The van der Waals surface area contributed by atoms with Crippen LogP contribution in [0.25, 0.3) is 11.3 Å². The summed E-state index contributed by atoms with van der Waals surface area (Å²) in [6, 6.07) is 2.70. The van der Waals surface area contributed by atoms with E-state index >= 15 is 8.78 Å². The second-order valence-electron chi connectivity index (χ2n) is 20.8. The highest BCUT2D eigenvalue weighted by Crippen LogP contribution is 2.42. The number of hydrazine groups is 1. The van der Waals surface area contributed by atoms with Gasteiger partial charge in [-0.05, 0) is 82.9 Å². The number of amides is 4. The predicted octanol–water partition coefficient (Wildman–Crippen LogP) is 6.01. The molecule has 7 rings (SSSR count). The minimum absolute atomic E-state index is 0.197. The minimum Gasteiger partial charge on any atom is -0.453 e. The number of alkyl halides is 8. The fourth-order valence-electron chi connectivity index (χ4n) is 9.56. The fourth-order valence-corrected chi connectivity index (χ4v) is 9.56. The van der Waals surface area contributed by atoms with E-state index in [1.807, 2.05) is 10.7 Å². The van der Waals surface area contributed by atoms with E-state index in [-0.39, 0.29) is 21.5 Å². The molecule has 0 radical (unpaired) electrons. The molecule has 2 bridgehead atoms. The summed E-state index contributed by atoms with van der Waals surface area (Å²) in [6.45, 7) is -0.141. The molecule has 0 saturated carbocycles. The lowest BCUT2D eigenvalue weighted by molar-refractivity contribution is -0.221. The number of fused-ring (bicyclic) bond motifs is 2. The average Bonchev–Trinajstić information content (AvgIpc) is 3.98. The summed E-state index contributed by atoms with van der Waals surface area (Å²) in [5, 5.41) is 22.1. The number of aromatic nitrogens is 4. The molecule has 5 N–H and O–H groups in total. The number of piperazine rings is 1. The van der Waals surface area contributed by atoms with E-state index in [9.17, 15) is 59.4 Å². The Morgan fingerprint density at radius 2 is 1.31 bits per heavy atom. The van der Waals surface area contributed by atoms with E-state index in [0.717, 1.165) is 65.6 Å². The number of rotatable bonds is 19. The highest BCUT2D eigenvalue weighted by atomic mass is 19.4. The van der Waals surface area contributed by atoms with Crippen molar-refractivity contribution in [2.75, 3.05) is 52.0 Å². The number of carbonyl (C=O) groups is 4. The number of halogens is 10. The van der Waals surface area contributed by atoms with Crippen LogP contribution in [0.15, 0.2) is 61.1 Å². The normalized spacial score (nSPS) is 18.5. The number of aliphatic hydroxyl groups is 1. The van der Waals surface area contributed by atoms with Crippen molar-refractivity contribution in [3.8, 4) is 23.1 Å². The van der Waals surface area contributed by atoms with E-state index in [1.165, 1.54) is 24.3 Å². The monoisotopic (exact) mass is 1160 g/mol. The molecule has 4 aromatic rings. The van der Waals surface area contributed by atoms with Gasteiger partial charge in [0.15, 0.2) is 0 Å². The highest BCUT2D eigenvalue weighted by Gasteiger charge is 2.57. The molecule has 3 aliphatic rings. The van der Waals surface area contributed by atoms with Gasteiger partial charge in [-0.15, -0.1) is 0 Å². The number of hydrogen-bond donors (Lipinski definition) is 5. The number of ether oxygens (including phenoxy) is 3. The smallest absolute Gasteiger partial charge is 0.407 e. The molecule has 2 aromatic heterocycles. The molecule has 81 heavy (non-hydrogen) atoms. The zero-order valence-electron chi connectivity index (χ0n) is 44.5. The SMILES string of the molecule is COC(=O)N[C@H](C(=O)N[C@@H](Cc1ccc(C#Cc2cnc(N3CC4CCC(C3)N4C3COC3)nc2)cc1)[C@@H](O)CN(Cc1c(F)cc(-c2ccn(C(F)F)n2)cc1F)NC(=O)[C@@H](NC(=O)OC)C(C)(C)C(F)(F)F)C(C)(C)C(F)(F)F. The molecule has 2 aromatic carbocycles. The molecule has 6 atom stereocenters. The molecular formula is C52H59F10N11O8. The van der Waals surface area contributed by atoms with Crippen LogP contribution in [0.3, 0.4) is 0 Å². The molecule has 0 spiro atoms. The average molecular weight is 1160 g/mol. The number of anilines is 1. The zero-order chi connectivity index (χ0) is 59.4. The first-order chi connectivity index (χ1) is 38.0. The molecule has 440 valence electrons. The Kier molecular flexibility index (Phi) is 18.8. The summed E-state index contributed by atoms with van der Waals surface area (Å²) in [7, 11) is 1.60. The maximum Gasteiger partial charge on any atom is 0.407 e. The number of aliphatic hydroxyl groups excluding tert-OH is 1. The Bertz CT molecular complexity index is 2910. The third-order valence-electron chi connectivity index (χ3n) is 14.6. The lowest BCUT2D eigenvalue weighted by atomic mass is 9.82. The predicted molar refractivity (Wildman–Crippen MR) is 267 cm³/mol. The zero-order valence-corrected chi connectivity index (χ0v) is 44.5. The summed E-state index contributed by atoms with van der Waals surface area (Å²) < 4.78 is 161. The van der Waals surface area contributed by atoms with Gasteiger partial charge in [-0.1, -0.05) is 24.0 Å². The molecule has 5 heterocycles. The van der Waals surface area contributed by atoms with Crippen molar-refractivity contribution in [2.45, 2.75) is 115 Å². The van der Waals surface area contributed by atoms with Gasteiger partial charge in [0.2, 0.25) is 11.9 Å². The molecule has 3 saturated heterocycles. The molecule has 29 heteroatoms. The first-order valence-corrected chi connectivity index (χ1v) is 25.2. The van der Waals surface area contributed by atoms with Gasteiger partial charge < -0.3 is 40.2 Å². The maximum absolute atomic E-state index is 16.0. The molecule has 4 amide bonds. The van der Waals surface area contributed by atoms with E-state index in [1.54, 1.807) is 17.7 Å². The third kappa shape index (κ3) is 14.3. The maximum atomic E-state index is 16.0. The van der Waals surface area contributed by atoms with Crippen LogP contribution in [0.4, 0.5) is 59.4 Å². The van der Waals surface area contributed by atoms with Crippen molar-refractivity contribution < 1.29 is 82.4 Å². The standard InChI is InChI=1S/C52H59F10N11O8/c1-49(2,51(57,58)59)41(66-47(77)79-5)43(75)65-39(17-29-10-7-28(8-11-29)9-12-30-20-63-46(64-21-30)70-22-32-13-14-33(23-70)73(32)34-26-81-27-34)40(74)25-71(69-44(76)42(67-48(78)80-6)50(3,4)52(60,61)62)24-35-36(53)18-31(19-37(35)54)38-15-16-72(68-38)45(55)56/h7-8,10-11,15-16,18-21,32-34,39-42,45,74H,13-14,17,22-27H2,1-6H3,(H,65,75)(H,66,77)(H,67,78)(H,69,76)/t32?,33?,39-,40-,41+,42+/m0/s1. The fraction of sp³-hybridized carbons (Fsp3) is 0.519. The van der Waals surface area contributed by atoms with Gasteiger partial charge >= 0.3 is 31.1 Å². The summed E-state index contributed by atoms with van der Waals surface area (Å²) in [5.74, 6) is 0.416. The van der Waals surface area contributed by atoms with Crippen LogP contribution in [-0.2, 0) is 36.8 Å². The van der Waals surface area contributed by atoms with Crippen LogP contribution in [-0.4, -0.2) is 161 Å². The number of alkyl carbamates (subject to hydrolysis) is 2. The van der Waals surface area contributed by atoms with Gasteiger partial charge in [-0.3, -0.25) is 19.9 Å². The van der Waals surface area contributed by atoms with Crippen molar-refractivity contribution in [1.29, 1.82) is 0 Å². The second kappa shape index (κ2) is 24.8. The third-order valence-corrected chi connectivity index (χ3v) is 14.6. The van der Waals surface area contributed by atoms with Gasteiger partial charge in [-0.2, -0.15) is 40.2 Å². The molecule has 0 aliphatic carbocycles. The van der Waals surface area contributed by atoms with Crippen molar-refractivity contribution >= 4 is 29.9 Å². The summed E-state index contributed by atoms with van der Waals surface area (Å²) in [5.41, 5.74) is -4.59. The largest absolute Gasteiger partial charge is 0.453 e. The molecule has 3 fully saturated rings. The van der Waals surface area contributed by atoms with Crippen LogP contribution in [0.5, 0.6) is 0 Å². The Morgan fingerprint density at radius 3 is 1.79 bits per heavy atom. The van der Waals surface area contributed by atoms with Gasteiger partial charge in [0.25, 0.3) is 5.91 Å². The van der Waals surface area contributed by atoms with Crippen molar-refractivity contribution in [3.63, 3.8) is 0 Å². The van der Waals surface area contributed by atoms with Gasteiger partial charge in [0.05, 0.1) is 67.7 Å². The first kappa shape index (κ1) is 61.3. The highest BCUT2D eigenvalue weighted by molar-refractivity contribution is 5.87. The van der Waals surface area contributed by atoms with Crippen LogP contribution in [0.1, 0.15) is 69.3 Å². The van der Waals surface area contributed by atoms with Crippen molar-refractivity contribution in [1.82, 2.24) is 51.0 Å². The Morgan fingerprint density at radius 1 is 0.778 bits per heavy atom. The van der Waals surface area contributed by atoms with Gasteiger partial charge in [0, 0.05) is 73.5 Å². The van der Waals surface area contributed by atoms with Crippen LogP contribution >= 0.6 is 0 Å². The molecule has 2 unspecified atom stereocenters. The number of nitrogens with one attached hydrogen (secondary N) is 4. The number of nitrogens with zero attached hydrogens (tertiary/aromatic N) is 7. The van der Waals surface area contributed by atoms with Crippen molar-refractivity contribution in [2.24, 2.45) is 10.8 Å². The minimum atomic E-state index is -5.23. The van der Waals surface area contributed by atoms with Crippen LogP contribution in [0, 0.1) is 34.3 Å². The second-order valence-corrected chi connectivity index (χ2v) is 20.8. The van der Waals surface area contributed by atoms with Gasteiger partial charge in [0.1, 0.15) is 23.7 Å². The van der Waals surface area contributed by atoms with Crippen LogP contribution < -0.4 is 26.3 Å². The van der Waals surface area contributed by atoms with E-state index in [2.05, 4.69) is 51.5 Å². The Labute approximate surface area is 458 Å². The number of hydrogen-bond acceptors (Lipinski definition) is 14. The summed E-state index contributed by atoms with van der Waals surface area (Å²) in [4.78, 5) is 66.7.